The van der Waals surface area contributed by atoms with Crippen LogP contribution < -0.4 is 10.6 Å². The third kappa shape index (κ3) is 2.51. The van der Waals surface area contributed by atoms with Gasteiger partial charge in [0.15, 0.2) is 0 Å². The Bertz CT molecular complexity index is 341. The van der Waals surface area contributed by atoms with Crippen molar-refractivity contribution in [3.8, 4) is 0 Å². The summed E-state index contributed by atoms with van der Waals surface area (Å²) in [7, 11) is 0. The first kappa shape index (κ1) is 11.3. The smallest absolute Gasteiger partial charge is 0.314 e. The van der Waals surface area contributed by atoms with Gasteiger partial charge in [0, 0.05) is 25.8 Å². The van der Waals surface area contributed by atoms with Gasteiger partial charge in [0.2, 0.25) is 0 Å². The maximum atomic E-state index is 12.3. The zero-order valence-electron chi connectivity index (χ0n) is 8.51. The maximum Gasteiger partial charge on any atom is 0.417 e. The molecule has 6 heteroatoms. The van der Waals surface area contributed by atoms with Crippen molar-refractivity contribution < 1.29 is 13.2 Å². The molecule has 16 heavy (non-hydrogen) atoms. The van der Waals surface area contributed by atoms with Crippen molar-refractivity contribution in [1.29, 1.82) is 0 Å². The minimum absolute atomic E-state index is 0.00367. The van der Waals surface area contributed by atoms with Gasteiger partial charge in [-0.1, -0.05) is 0 Å². The van der Waals surface area contributed by atoms with Gasteiger partial charge in [-0.05, 0) is 12.1 Å². The molecule has 0 aromatic carbocycles. The van der Waals surface area contributed by atoms with Gasteiger partial charge in [-0.15, -0.1) is 0 Å². The zero-order valence-corrected chi connectivity index (χ0v) is 8.51. The Morgan fingerprint density at radius 1 is 1.25 bits per heavy atom. The fourth-order valence-corrected chi connectivity index (χ4v) is 1.64. The fraction of sp³-hybridized carbons (Fsp3) is 0.500. The number of piperazine rings is 1. The Hall–Kier alpha value is -1.14. The second-order valence-electron chi connectivity index (χ2n) is 3.68. The predicted octanol–water partition coefficient (Wildman–Crippen LogP) is 1.33. The minimum atomic E-state index is -4.32. The van der Waals surface area contributed by atoms with E-state index in [0.717, 1.165) is 25.4 Å². The Kier molecular flexibility index (Phi) is 3.11. The van der Waals surface area contributed by atoms with E-state index in [2.05, 4.69) is 15.6 Å². The van der Waals surface area contributed by atoms with Crippen molar-refractivity contribution in [3.05, 3.63) is 29.6 Å². The summed E-state index contributed by atoms with van der Waals surface area (Å²) in [5, 5.41) is 6.34. The maximum absolute atomic E-state index is 12.3. The molecule has 1 atom stereocenters. The molecule has 1 unspecified atom stereocenters. The lowest BCUT2D eigenvalue weighted by molar-refractivity contribution is -0.137. The van der Waals surface area contributed by atoms with Crippen molar-refractivity contribution in [3.63, 3.8) is 0 Å². The summed E-state index contributed by atoms with van der Waals surface area (Å²) in [5.41, 5.74) is -0.0692. The number of pyridine rings is 1. The van der Waals surface area contributed by atoms with Crippen LogP contribution in [-0.2, 0) is 6.18 Å². The first-order chi connectivity index (χ1) is 7.57. The van der Waals surface area contributed by atoms with Crippen LogP contribution in [0.25, 0.3) is 0 Å². The normalized spacial score (nSPS) is 22.1. The van der Waals surface area contributed by atoms with E-state index in [-0.39, 0.29) is 6.04 Å². The van der Waals surface area contributed by atoms with Gasteiger partial charge >= 0.3 is 6.18 Å². The van der Waals surface area contributed by atoms with E-state index in [9.17, 15) is 13.2 Å². The Morgan fingerprint density at radius 3 is 2.56 bits per heavy atom. The molecule has 1 aliphatic rings. The molecule has 0 spiro atoms. The lowest BCUT2D eigenvalue weighted by atomic mass is 10.1. The topological polar surface area (TPSA) is 37.0 Å². The number of hydrogen-bond acceptors (Lipinski definition) is 3. The van der Waals surface area contributed by atoms with Gasteiger partial charge in [0.25, 0.3) is 0 Å². The molecular weight excluding hydrogens is 219 g/mol. The molecule has 1 aromatic rings. The van der Waals surface area contributed by atoms with Crippen LogP contribution in [0.5, 0.6) is 0 Å². The molecule has 2 rings (SSSR count). The average molecular weight is 231 g/mol. The molecule has 1 aliphatic heterocycles. The summed E-state index contributed by atoms with van der Waals surface area (Å²) in [6.45, 7) is 2.36. The van der Waals surface area contributed by atoms with E-state index >= 15 is 0 Å². The molecule has 0 amide bonds. The van der Waals surface area contributed by atoms with Crippen LogP contribution in [-0.4, -0.2) is 24.6 Å². The van der Waals surface area contributed by atoms with Gasteiger partial charge in [-0.3, -0.25) is 4.98 Å². The Labute approximate surface area is 91.1 Å². The summed E-state index contributed by atoms with van der Waals surface area (Å²) in [6, 6.07) is 2.49. The van der Waals surface area contributed by atoms with E-state index in [0.29, 0.717) is 12.2 Å². The molecule has 3 nitrogen and oxygen atoms in total. The highest BCUT2D eigenvalue weighted by atomic mass is 19.4. The highest BCUT2D eigenvalue weighted by Crippen LogP contribution is 2.28. The molecule has 1 fully saturated rings. The number of aromatic nitrogens is 1. The fourth-order valence-electron chi connectivity index (χ4n) is 1.64. The second-order valence-corrected chi connectivity index (χ2v) is 3.68. The average Bonchev–Trinajstić information content (AvgIpc) is 2.29. The van der Waals surface area contributed by atoms with E-state index in [1.165, 1.54) is 6.07 Å². The minimum Gasteiger partial charge on any atom is -0.314 e. The number of halogens is 3. The van der Waals surface area contributed by atoms with Gasteiger partial charge in [-0.2, -0.15) is 13.2 Å². The number of alkyl halides is 3. The quantitative estimate of drug-likeness (QED) is 0.765. The second kappa shape index (κ2) is 4.39. The molecule has 2 heterocycles. The van der Waals surface area contributed by atoms with E-state index in [4.69, 9.17) is 0 Å². The highest BCUT2D eigenvalue weighted by molar-refractivity contribution is 5.19. The molecule has 0 saturated carbocycles. The van der Waals surface area contributed by atoms with E-state index < -0.39 is 11.7 Å². The number of hydrogen-bond donors (Lipinski definition) is 2. The largest absolute Gasteiger partial charge is 0.417 e. The highest BCUT2D eigenvalue weighted by Gasteiger charge is 2.31. The van der Waals surface area contributed by atoms with Crippen molar-refractivity contribution in [2.75, 3.05) is 19.6 Å². The summed E-state index contributed by atoms with van der Waals surface area (Å²) < 4.78 is 36.9. The van der Waals surface area contributed by atoms with Crippen LogP contribution in [0, 0.1) is 0 Å². The monoisotopic (exact) mass is 231 g/mol. The number of nitrogens with zero attached hydrogens (tertiary/aromatic N) is 1. The number of nitrogens with one attached hydrogen (secondary N) is 2. The Balaban J connectivity index is 2.12. The van der Waals surface area contributed by atoms with Crippen molar-refractivity contribution in [1.82, 2.24) is 15.6 Å². The van der Waals surface area contributed by atoms with E-state index in [1.807, 2.05) is 0 Å². The Morgan fingerprint density at radius 2 is 2.06 bits per heavy atom. The first-order valence-electron chi connectivity index (χ1n) is 5.04. The summed E-state index contributed by atoms with van der Waals surface area (Å²) in [5.74, 6) is 0. The molecule has 0 aliphatic carbocycles. The van der Waals surface area contributed by atoms with Crippen LogP contribution in [0.1, 0.15) is 17.3 Å². The predicted molar refractivity (Wildman–Crippen MR) is 52.9 cm³/mol. The van der Waals surface area contributed by atoms with Crippen molar-refractivity contribution in [2.45, 2.75) is 12.2 Å². The zero-order chi connectivity index (χ0) is 11.6. The standard InChI is InChI=1S/C10H12F3N3/c11-10(12,13)7-1-2-8(16-5-7)9-6-14-3-4-15-9/h1-2,5,9,14-15H,3-4,6H2. The third-order valence-electron chi connectivity index (χ3n) is 2.51. The lowest BCUT2D eigenvalue weighted by Gasteiger charge is -2.24. The molecule has 0 bridgehead atoms. The molecule has 88 valence electrons. The van der Waals surface area contributed by atoms with Crippen molar-refractivity contribution >= 4 is 0 Å². The summed E-state index contributed by atoms with van der Waals surface area (Å²) in [6.07, 6.45) is -3.44. The van der Waals surface area contributed by atoms with Crippen LogP contribution in [0.2, 0.25) is 0 Å². The van der Waals surface area contributed by atoms with E-state index in [1.54, 1.807) is 0 Å². The molecule has 1 aromatic heterocycles. The SMILES string of the molecule is FC(F)(F)c1ccc(C2CNCCN2)nc1. The van der Waals surface area contributed by atoms with Crippen molar-refractivity contribution in [2.24, 2.45) is 0 Å². The summed E-state index contributed by atoms with van der Waals surface area (Å²) >= 11 is 0. The number of rotatable bonds is 1. The first-order valence-corrected chi connectivity index (χ1v) is 5.04. The molecule has 0 radical (unpaired) electrons. The van der Waals surface area contributed by atoms with Gasteiger partial charge in [-0.25, -0.2) is 0 Å². The van der Waals surface area contributed by atoms with Crippen LogP contribution in [0.15, 0.2) is 18.3 Å². The third-order valence-corrected chi connectivity index (χ3v) is 2.51. The van der Waals surface area contributed by atoms with Crippen LogP contribution in [0.3, 0.4) is 0 Å². The lowest BCUT2D eigenvalue weighted by Crippen LogP contribution is -2.42. The van der Waals surface area contributed by atoms with Gasteiger partial charge in [0.05, 0.1) is 17.3 Å². The van der Waals surface area contributed by atoms with Crippen LogP contribution in [0.4, 0.5) is 13.2 Å². The van der Waals surface area contributed by atoms with Crippen LogP contribution >= 0.6 is 0 Å². The summed E-state index contributed by atoms with van der Waals surface area (Å²) in [4.78, 5) is 3.85. The molecular formula is C10H12F3N3. The molecule has 1 saturated heterocycles. The van der Waals surface area contributed by atoms with Gasteiger partial charge in [0.1, 0.15) is 0 Å². The molecule has 2 N–H and O–H groups in total. The van der Waals surface area contributed by atoms with Gasteiger partial charge < -0.3 is 10.6 Å².